The molecule has 0 aliphatic heterocycles. The van der Waals surface area contributed by atoms with Gasteiger partial charge >= 0.3 is 5.97 Å². The molecular formula is C17H27NO3. The molecule has 4 nitrogen and oxygen atoms in total. The van der Waals surface area contributed by atoms with Crippen molar-refractivity contribution < 1.29 is 14.7 Å². The highest BCUT2D eigenvalue weighted by Gasteiger charge is 2.58. The standard InChI is InChI=1S/C17H27NO3/c1-15(2,14(20)21)10-18-13(19)17-7-11-4-12(8-17)6-16(3,5-11)9-17/h11-12H,4-10H2,1-3H3,(H,18,19)(H,20,21). The van der Waals surface area contributed by atoms with Crippen LogP contribution in [-0.2, 0) is 9.59 Å². The number of carbonyl (C=O) groups is 2. The zero-order valence-electron chi connectivity index (χ0n) is 13.4. The first-order valence-electron chi connectivity index (χ1n) is 8.16. The summed E-state index contributed by atoms with van der Waals surface area (Å²) in [7, 11) is 0. The number of hydrogen-bond acceptors (Lipinski definition) is 2. The molecular weight excluding hydrogens is 266 g/mol. The van der Waals surface area contributed by atoms with E-state index in [1.807, 2.05) is 0 Å². The molecule has 0 aromatic carbocycles. The Bertz CT molecular complexity index is 468. The minimum atomic E-state index is -0.901. The normalized spacial score (nSPS) is 41.1. The van der Waals surface area contributed by atoms with E-state index < -0.39 is 11.4 Å². The minimum absolute atomic E-state index is 0.108. The second-order valence-corrected chi connectivity index (χ2v) is 8.92. The lowest BCUT2D eigenvalue weighted by atomic mass is 9.44. The first-order valence-corrected chi connectivity index (χ1v) is 8.16. The molecule has 2 N–H and O–H groups in total. The van der Waals surface area contributed by atoms with Crippen molar-refractivity contribution >= 4 is 11.9 Å². The maximum atomic E-state index is 12.8. The summed E-state index contributed by atoms with van der Waals surface area (Å²) in [5, 5.41) is 12.1. The van der Waals surface area contributed by atoms with Crippen molar-refractivity contribution in [3.8, 4) is 0 Å². The maximum Gasteiger partial charge on any atom is 0.310 e. The highest BCUT2D eigenvalue weighted by molar-refractivity contribution is 5.84. The van der Waals surface area contributed by atoms with Crippen LogP contribution in [0.4, 0.5) is 0 Å². The molecule has 4 saturated carbocycles. The first-order chi connectivity index (χ1) is 9.64. The van der Waals surface area contributed by atoms with Gasteiger partial charge in [-0.25, -0.2) is 0 Å². The number of carbonyl (C=O) groups excluding carboxylic acids is 1. The summed E-state index contributed by atoms with van der Waals surface area (Å²) in [4.78, 5) is 24.0. The Morgan fingerprint density at radius 3 is 2.24 bits per heavy atom. The lowest BCUT2D eigenvalue weighted by Gasteiger charge is -2.60. The molecule has 0 spiro atoms. The van der Waals surface area contributed by atoms with E-state index in [0.29, 0.717) is 17.3 Å². The van der Waals surface area contributed by atoms with E-state index in [1.54, 1.807) is 13.8 Å². The Balaban J connectivity index is 1.71. The largest absolute Gasteiger partial charge is 0.481 e. The number of nitrogens with one attached hydrogen (secondary N) is 1. The molecule has 2 atom stereocenters. The molecule has 118 valence electrons. The quantitative estimate of drug-likeness (QED) is 0.837. The van der Waals surface area contributed by atoms with Crippen LogP contribution in [0.25, 0.3) is 0 Å². The van der Waals surface area contributed by atoms with Crippen LogP contribution < -0.4 is 5.32 Å². The van der Waals surface area contributed by atoms with Crippen molar-refractivity contribution in [3.63, 3.8) is 0 Å². The third kappa shape index (κ3) is 2.47. The van der Waals surface area contributed by atoms with Crippen molar-refractivity contribution in [2.24, 2.45) is 28.1 Å². The Labute approximate surface area is 126 Å². The zero-order valence-corrected chi connectivity index (χ0v) is 13.4. The Morgan fingerprint density at radius 2 is 1.76 bits per heavy atom. The molecule has 4 fully saturated rings. The van der Waals surface area contributed by atoms with Gasteiger partial charge < -0.3 is 10.4 Å². The van der Waals surface area contributed by atoms with Crippen molar-refractivity contribution in [1.82, 2.24) is 5.32 Å². The van der Waals surface area contributed by atoms with E-state index in [0.717, 1.165) is 19.3 Å². The molecule has 0 aromatic rings. The molecule has 4 bridgehead atoms. The third-order valence-corrected chi connectivity index (χ3v) is 6.11. The van der Waals surface area contributed by atoms with Crippen molar-refractivity contribution in [2.75, 3.05) is 6.54 Å². The van der Waals surface area contributed by atoms with E-state index in [1.165, 1.54) is 19.3 Å². The van der Waals surface area contributed by atoms with Gasteiger partial charge in [-0.3, -0.25) is 9.59 Å². The molecule has 0 radical (unpaired) electrons. The molecule has 21 heavy (non-hydrogen) atoms. The summed E-state index contributed by atoms with van der Waals surface area (Å²) in [5.74, 6) is 0.654. The number of amides is 1. The van der Waals surface area contributed by atoms with Crippen LogP contribution in [0.2, 0.25) is 0 Å². The van der Waals surface area contributed by atoms with Gasteiger partial charge in [-0.15, -0.1) is 0 Å². The molecule has 4 aliphatic rings. The van der Waals surface area contributed by atoms with Crippen LogP contribution in [0.3, 0.4) is 0 Å². The van der Waals surface area contributed by atoms with Crippen LogP contribution in [0.1, 0.15) is 59.3 Å². The fourth-order valence-corrected chi connectivity index (χ4v) is 5.55. The van der Waals surface area contributed by atoms with Crippen LogP contribution >= 0.6 is 0 Å². The van der Waals surface area contributed by atoms with Gasteiger partial charge in [-0.1, -0.05) is 6.92 Å². The average Bonchev–Trinajstić information content (AvgIpc) is 2.32. The van der Waals surface area contributed by atoms with Crippen LogP contribution in [0.15, 0.2) is 0 Å². The number of carboxylic acid groups (broad SMARTS) is 1. The van der Waals surface area contributed by atoms with Crippen LogP contribution in [-0.4, -0.2) is 23.5 Å². The van der Waals surface area contributed by atoms with E-state index in [-0.39, 0.29) is 17.9 Å². The van der Waals surface area contributed by atoms with Gasteiger partial charge in [0.05, 0.1) is 10.8 Å². The summed E-state index contributed by atoms with van der Waals surface area (Å²) in [5.41, 5.74) is -0.779. The fraction of sp³-hybridized carbons (Fsp3) is 0.882. The van der Waals surface area contributed by atoms with E-state index >= 15 is 0 Å². The summed E-state index contributed by atoms with van der Waals surface area (Å²) >= 11 is 0. The Morgan fingerprint density at radius 1 is 1.19 bits per heavy atom. The van der Waals surface area contributed by atoms with Gasteiger partial charge in [0.15, 0.2) is 0 Å². The SMILES string of the molecule is CC12CC3CC(C1)CC(C(=O)NCC(C)(C)C(=O)O)(C3)C2. The number of hydrogen-bond donors (Lipinski definition) is 2. The zero-order chi connectivity index (χ0) is 15.5. The van der Waals surface area contributed by atoms with Crippen LogP contribution in [0, 0.1) is 28.1 Å². The Kier molecular flexibility index (Phi) is 3.16. The summed E-state index contributed by atoms with van der Waals surface area (Å²) in [6.45, 7) is 5.88. The predicted octanol–water partition coefficient (Wildman–Crippen LogP) is 2.82. The summed E-state index contributed by atoms with van der Waals surface area (Å²) < 4.78 is 0. The second-order valence-electron chi connectivity index (χ2n) is 8.92. The summed E-state index contributed by atoms with van der Waals surface area (Å²) in [6.07, 6.45) is 6.87. The van der Waals surface area contributed by atoms with Crippen molar-refractivity contribution in [1.29, 1.82) is 0 Å². The second kappa shape index (κ2) is 4.47. The van der Waals surface area contributed by atoms with E-state index in [2.05, 4.69) is 12.2 Å². The van der Waals surface area contributed by atoms with Crippen molar-refractivity contribution in [2.45, 2.75) is 59.3 Å². The maximum absolute atomic E-state index is 12.8. The third-order valence-electron chi connectivity index (χ3n) is 6.11. The number of rotatable bonds is 4. The van der Waals surface area contributed by atoms with Gasteiger partial charge in [0.25, 0.3) is 0 Å². The van der Waals surface area contributed by atoms with Crippen molar-refractivity contribution in [3.05, 3.63) is 0 Å². The molecule has 4 aliphatic carbocycles. The molecule has 2 unspecified atom stereocenters. The highest BCUT2D eigenvalue weighted by Crippen LogP contribution is 2.65. The predicted molar refractivity (Wildman–Crippen MR) is 79.6 cm³/mol. The molecule has 1 amide bonds. The lowest BCUT2D eigenvalue weighted by Crippen LogP contribution is -2.57. The van der Waals surface area contributed by atoms with Gasteiger partial charge in [0.2, 0.25) is 5.91 Å². The molecule has 0 saturated heterocycles. The molecule has 4 rings (SSSR count). The van der Waals surface area contributed by atoms with Crippen LogP contribution in [0.5, 0.6) is 0 Å². The summed E-state index contributed by atoms with van der Waals surface area (Å²) in [6, 6.07) is 0. The van der Waals surface area contributed by atoms with Gasteiger partial charge in [0, 0.05) is 6.54 Å². The molecule has 0 heterocycles. The van der Waals surface area contributed by atoms with Gasteiger partial charge in [0.1, 0.15) is 0 Å². The monoisotopic (exact) mass is 293 g/mol. The fourth-order valence-electron chi connectivity index (χ4n) is 5.55. The Hall–Kier alpha value is -1.06. The molecule has 0 aromatic heterocycles. The van der Waals surface area contributed by atoms with Gasteiger partial charge in [-0.2, -0.15) is 0 Å². The van der Waals surface area contributed by atoms with Gasteiger partial charge in [-0.05, 0) is 69.6 Å². The average molecular weight is 293 g/mol. The minimum Gasteiger partial charge on any atom is -0.481 e. The molecule has 4 heteroatoms. The van der Waals surface area contributed by atoms with E-state index in [4.69, 9.17) is 0 Å². The number of carboxylic acids is 1. The smallest absolute Gasteiger partial charge is 0.310 e. The topological polar surface area (TPSA) is 66.4 Å². The lowest BCUT2D eigenvalue weighted by molar-refractivity contribution is -0.156. The number of aliphatic carboxylic acids is 1. The van der Waals surface area contributed by atoms with E-state index in [9.17, 15) is 14.7 Å². The highest BCUT2D eigenvalue weighted by atomic mass is 16.4. The first kappa shape index (κ1) is 14.9.